The molecule has 0 aliphatic heterocycles. The minimum atomic E-state index is 0.603. The molecule has 0 radical (unpaired) electrons. The van der Waals surface area contributed by atoms with Crippen LogP contribution in [-0.2, 0) is 17.8 Å². The van der Waals surface area contributed by atoms with Crippen molar-refractivity contribution in [1.82, 2.24) is 19.9 Å². The molecular weight excluding hydrogens is 358 g/mol. The summed E-state index contributed by atoms with van der Waals surface area (Å²) in [5.74, 6) is 1.54. The lowest BCUT2D eigenvalue weighted by atomic mass is 10.2. The number of benzene rings is 1. The Morgan fingerprint density at radius 3 is 2.92 bits per heavy atom. The lowest BCUT2D eigenvalue weighted by molar-refractivity contribution is 0.210. The van der Waals surface area contributed by atoms with Crippen molar-refractivity contribution in [2.75, 3.05) is 32.6 Å². The largest absolute Gasteiger partial charge is 0.383 e. The molecule has 2 heterocycles. The van der Waals surface area contributed by atoms with Gasteiger partial charge in [-0.25, -0.2) is 15.0 Å². The summed E-state index contributed by atoms with van der Waals surface area (Å²) in [6.07, 6.45) is 1.82. The monoisotopic (exact) mass is 377 g/mol. The second kappa shape index (κ2) is 8.53. The Bertz CT molecular complexity index is 827. The Hall–Kier alpha value is -1.80. The molecule has 0 spiro atoms. The van der Waals surface area contributed by atoms with Gasteiger partial charge >= 0.3 is 0 Å². The molecule has 132 valence electrons. The Balaban J connectivity index is 1.83. The molecule has 25 heavy (non-hydrogen) atoms. The van der Waals surface area contributed by atoms with Crippen LogP contribution in [-0.4, -0.2) is 47.2 Å². The third-order valence-corrected chi connectivity index (χ3v) is 4.60. The SMILES string of the molecule is COCCNc1nc(CN(C)Cc2nccs2)nc2ccc(Cl)cc12. The number of aromatic nitrogens is 3. The minimum Gasteiger partial charge on any atom is -0.383 e. The zero-order valence-corrected chi connectivity index (χ0v) is 15.8. The molecule has 6 nitrogen and oxygen atoms in total. The quantitative estimate of drug-likeness (QED) is 0.607. The van der Waals surface area contributed by atoms with Crippen molar-refractivity contribution in [3.05, 3.63) is 45.6 Å². The molecule has 0 atom stereocenters. The zero-order valence-electron chi connectivity index (χ0n) is 14.2. The van der Waals surface area contributed by atoms with Gasteiger partial charge in [-0.1, -0.05) is 11.6 Å². The molecule has 3 aromatic rings. The summed E-state index contributed by atoms with van der Waals surface area (Å²) in [5, 5.41) is 7.95. The molecule has 2 aromatic heterocycles. The average Bonchev–Trinajstić information content (AvgIpc) is 3.08. The molecule has 3 rings (SSSR count). The van der Waals surface area contributed by atoms with Gasteiger partial charge in [0.2, 0.25) is 0 Å². The molecule has 8 heteroatoms. The standard InChI is InChI=1S/C17H20ClN5OS/c1-23(11-16-19-6-8-25-16)10-15-21-14-4-3-12(18)9-13(14)17(22-15)20-5-7-24-2/h3-4,6,8-9H,5,7,10-11H2,1-2H3,(H,20,21,22). The highest BCUT2D eigenvalue weighted by Crippen LogP contribution is 2.24. The van der Waals surface area contributed by atoms with Crippen molar-refractivity contribution in [3.63, 3.8) is 0 Å². The van der Waals surface area contributed by atoms with Crippen LogP contribution >= 0.6 is 22.9 Å². The first-order chi connectivity index (χ1) is 12.2. The minimum absolute atomic E-state index is 0.603. The summed E-state index contributed by atoms with van der Waals surface area (Å²) >= 11 is 7.78. The van der Waals surface area contributed by atoms with Crippen LogP contribution in [0.15, 0.2) is 29.8 Å². The smallest absolute Gasteiger partial charge is 0.145 e. The fourth-order valence-corrected chi connectivity index (χ4v) is 3.35. The van der Waals surface area contributed by atoms with Crippen LogP contribution in [0.1, 0.15) is 10.8 Å². The summed E-state index contributed by atoms with van der Waals surface area (Å²) < 4.78 is 5.11. The number of halogens is 1. The summed E-state index contributed by atoms with van der Waals surface area (Å²) in [6.45, 7) is 2.68. The van der Waals surface area contributed by atoms with E-state index in [2.05, 4.69) is 25.2 Å². The van der Waals surface area contributed by atoms with E-state index in [4.69, 9.17) is 16.3 Å². The molecule has 0 aliphatic carbocycles. The Morgan fingerprint density at radius 1 is 1.28 bits per heavy atom. The number of anilines is 1. The first-order valence-corrected chi connectivity index (χ1v) is 9.17. The van der Waals surface area contributed by atoms with Gasteiger partial charge in [0, 0.05) is 35.6 Å². The lowest BCUT2D eigenvalue weighted by Crippen LogP contribution is -2.19. The zero-order chi connectivity index (χ0) is 17.6. The van der Waals surface area contributed by atoms with E-state index in [9.17, 15) is 0 Å². The van der Waals surface area contributed by atoms with E-state index < -0.39 is 0 Å². The summed E-state index contributed by atoms with van der Waals surface area (Å²) in [5.41, 5.74) is 0.872. The highest BCUT2D eigenvalue weighted by atomic mass is 35.5. The Kier molecular flexibility index (Phi) is 6.14. The fraction of sp³-hybridized carbons (Fsp3) is 0.353. The predicted octanol–water partition coefficient (Wildman–Crippen LogP) is 3.43. The molecule has 1 aromatic carbocycles. The molecule has 0 saturated heterocycles. The van der Waals surface area contributed by atoms with E-state index in [1.807, 2.05) is 36.8 Å². The second-order valence-corrected chi connectivity index (χ2v) is 7.08. The second-order valence-electron chi connectivity index (χ2n) is 5.67. The van der Waals surface area contributed by atoms with Gasteiger partial charge in [-0.3, -0.25) is 4.90 Å². The van der Waals surface area contributed by atoms with Gasteiger partial charge in [0.1, 0.15) is 16.6 Å². The maximum atomic E-state index is 6.13. The van der Waals surface area contributed by atoms with E-state index in [-0.39, 0.29) is 0 Å². The number of thiazole rings is 1. The summed E-state index contributed by atoms with van der Waals surface area (Å²) in [4.78, 5) is 15.8. The molecule has 1 N–H and O–H groups in total. The number of rotatable bonds is 8. The van der Waals surface area contributed by atoms with E-state index in [1.165, 1.54) is 0 Å². The van der Waals surface area contributed by atoms with Crippen molar-refractivity contribution >= 4 is 39.7 Å². The first-order valence-electron chi connectivity index (χ1n) is 7.91. The number of ether oxygens (including phenoxy) is 1. The van der Waals surface area contributed by atoms with Gasteiger partial charge in [0.15, 0.2) is 0 Å². The lowest BCUT2D eigenvalue weighted by Gasteiger charge is -2.16. The van der Waals surface area contributed by atoms with Crippen LogP contribution in [0.5, 0.6) is 0 Å². The van der Waals surface area contributed by atoms with E-state index >= 15 is 0 Å². The van der Waals surface area contributed by atoms with Gasteiger partial charge in [-0.2, -0.15) is 0 Å². The van der Waals surface area contributed by atoms with Crippen LogP contribution in [0.2, 0.25) is 5.02 Å². The van der Waals surface area contributed by atoms with Gasteiger partial charge in [-0.15, -0.1) is 11.3 Å². The molecule has 0 bridgehead atoms. The number of nitrogens with one attached hydrogen (secondary N) is 1. The van der Waals surface area contributed by atoms with E-state index in [0.717, 1.165) is 34.1 Å². The van der Waals surface area contributed by atoms with Crippen LogP contribution in [0.3, 0.4) is 0 Å². The van der Waals surface area contributed by atoms with E-state index in [0.29, 0.717) is 24.7 Å². The summed E-state index contributed by atoms with van der Waals surface area (Å²) in [6, 6.07) is 5.65. The third kappa shape index (κ3) is 4.85. The topological polar surface area (TPSA) is 63.2 Å². The number of methoxy groups -OCH3 is 1. The number of hydrogen-bond acceptors (Lipinski definition) is 7. The van der Waals surface area contributed by atoms with Crippen LogP contribution in [0, 0.1) is 0 Å². The molecule has 0 unspecified atom stereocenters. The van der Waals surface area contributed by atoms with Gasteiger partial charge in [0.25, 0.3) is 0 Å². The third-order valence-electron chi connectivity index (χ3n) is 3.60. The van der Waals surface area contributed by atoms with Gasteiger partial charge < -0.3 is 10.1 Å². The average molecular weight is 378 g/mol. The Labute approximate surface area is 155 Å². The Morgan fingerprint density at radius 2 is 2.16 bits per heavy atom. The van der Waals surface area contributed by atoms with Crippen LogP contribution < -0.4 is 5.32 Å². The van der Waals surface area contributed by atoms with Crippen molar-refractivity contribution in [2.24, 2.45) is 0 Å². The van der Waals surface area contributed by atoms with Crippen molar-refractivity contribution in [1.29, 1.82) is 0 Å². The molecule has 0 amide bonds. The normalized spacial score (nSPS) is 11.4. The molecule has 0 saturated carbocycles. The van der Waals surface area contributed by atoms with Gasteiger partial charge in [0.05, 0.1) is 25.2 Å². The predicted molar refractivity (Wildman–Crippen MR) is 102 cm³/mol. The highest BCUT2D eigenvalue weighted by molar-refractivity contribution is 7.09. The van der Waals surface area contributed by atoms with Crippen molar-refractivity contribution < 1.29 is 4.74 Å². The maximum absolute atomic E-state index is 6.13. The van der Waals surface area contributed by atoms with Gasteiger partial charge in [-0.05, 0) is 25.2 Å². The van der Waals surface area contributed by atoms with Crippen LogP contribution in [0.4, 0.5) is 5.82 Å². The van der Waals surface area contributed by atoms with E-state index in [1.54, 1.807) is 18.4 Å². The molecule has 0 fully saturated rings. The number of fused-ring (bicyclic) bond motifs is 1. The maximum Gasteiger partial charge on any atom is 0.145 e. The first kappa shape index (κ1) is 18.0. The highest BCUT2D eigenvalue weighted by Gasteiger charge is 2.11. The number of hydrogen-bond donors (Lipinski definition) is 1. The van der Waals surface area contributed by atoms with Crippen molar-refractivity contribution in [3.8, 4) is 0 Å². The molecular formula is C17H20ClN5OS. The van der Waals surface area contributed by atoms with Crippen LogP contribution in [0.25, 0.3) is 10.9 Å². The summed E-state index contributed by atoms with van der Waals surface area (Å²) in [7, 11) is 3.71. The molecule has 0 aliphatic rings. The fourth-order valence-electron chi connectivity index (χ4n) is 2.48. The van der Waals surface area contributed by atoms with Crippen molar-refractivity contribution in [2.45, 2.75) is 13.1 Å². The number of nitrogens with zero attached hydrogens (tertiary/aromatic N) is 4.